The zero-order valence-corrected chi connectivity index (χ0v) is 17.0. The van der Waals surface area contributed by atoms with E-state index in [1.54, 1.807) is 28.0 Å². The summed E-state index contributed by atoms with van der Waals surface area (Å²) in [5, 5.41) is 75.2. The van der Waals surface area contributed by atoms with Gasteiger partial charge in [-0.25, -0.2) is 0 Å². The molecule has 0 bridgehead atoms. The van der Waals surface area contributed by atoms with Gasteiger partial charge >= 0.3 is 0 Å². The van der Waals surface area contributed by atoms with Crippen molar-refractivity contribution in [2.75, 3.05) is 52.6 Å². The van der Waals surface area contributed by atoms with Crippen LogP contribution in [0.1, 0.15) is 11.4 Å². The third kappa shape index (κ3) is 10.7. The molecule has 0 fully saturated rings. The average Bonchev–Trinajstić information content (AvgIpc) is 2.73. The van der Waals surface area contributed by atoms with Crippen LogP contribution in [0.4, 0.5) is 0 Å². The predicted octanol–water partition coefficient (Wildman–Crippen LogP) is -3.90. The number of aliphatic hydroxyl groups is 8. The lowest BCUT2D eigenvalue weighted by molar-refractivity contribution is 0.0190. The summed E-state index contributed by atoms with van der Waals surface area (Å²) < 4.78 is 0. The Bertz CT molecular complexity index is 513. The van der Waals surface area contributed by atoms with Gasteiger partial charge in [-0.05, 0) is 12.1 Å². The van der Waals surface area contributed by atoms with E-state index in [9.17, 15) is 20.4 Å². The van der Waals surface area contributed by atoms with Crippen molar-refractivity contribution in [1.82, 2.24) is 14.8 Å². The van der Waals surface area contributed by atoms with Gasteiger partial charge in [0.2, 0.25) is 0 Å². The van der Waals surface area contributed by atoms with Crippen molar-refractivity contribution in [3.8, 4) is 0 Å². The van der Waals surface area contributed by atoms with Crippen molar-refractivity contribution in [2.24, 2.45) is 0 Å². The molecule has 1 heterocycles. The first kappa shape index (κ1) is 26.8. The van der Waals surface area contributed by atoms with Crippen molar-refractivity contribution in [3.63, 3.8) is 0 Å². The molecular weight excluding hydrogens is 398 g/mol. The van der Waals surface area contributed by atoms with Crippen LogP contribution in [0.5, 0.6) is 0 Å². The van der Waals surface area contributed by atoms with Gasteiger partial charge in [-0.15, -0.1) is 0 Å². The van der Waals surface area contributed by atoms with Crippen LogP contribution in [-0.4, -0.2) is 133 Å². The second-order valence-corrected chi connectivity index (χ2v) is 7.35. The molecule has 1 rings (SSSR count). The van der Waals surface area contributed by atoms with Crippen LogP contribution in [0, 0.1) is 0 Å². The van der Waals surface area contributed by atoms with Crippen LogP contribution in [0.2, 0.25) is 0 Å². The first-order valence-electron chi connectivity index (χ1n) is 9.86. The monoisotopic (exact) mass is 433 g/mol. The molecule has 0 spiro atoms. The third-order valence-electron chi connectivity index (χ3n) is 4.35. The van der Waals surface area contributed by atoms with Gasteiger partial charge in [0, 0.05) is 39.3 Å². The van der Waals surface area contributed by atoms with Crippen molar-refractivity contribution in [2.45, 2.75) is 37.5 Å². The van der Waals surface area contributed by atoms with E-state index in [4.69, 9.17) is 20.4 Å². The number of aromatic nitrogens is 1. The first-order chi connectivity index (χ1) is 14.3. The van der Waals surface area contributed by atoms with E-state index in [0.717, 1.165) is 0 Å². The van der Waals surface area contributed by atoms with Crippen LogP contribution in [0.25, 0.3) is 0 Å². The van der Waals surface area contributed by atoms with E-state index in [1.807, 2.05) is 0 Å². The van der Waals surface area contributed by atoms with Crippen molar-refractivity contribution >= 4 is 0 Å². The summed E-state index contributed by atoms with van der Waals surface area (Å²) in [6.45, 7) is -0.922. The Morgan fingerprint density at radius 3 is 1.17 bits per heavy atom. The largest absolute Gasteiger partial charge is 0.394 e. The molecule has 4 atom stereocenters. The highest BCUT2D eigenvalue weighted by molar-refractivity contribution is 5.11. The number of aliphatic hydroxyl groups excluding tert-OH is 8. The fourth-order valence-electron chi connectivity index (χ4n) is 2.99. The lowest BCUT2D eigenvalue weighted by atomic mass is 10.2. The van der Waals surface area contributed by atoms with Gasteiger partial charge in [-0.1, -0.05) is 6.07 Å². The lowest BCUT2D eigenvalue weighted by Crippen LogP contribution is -2.40. The quantitative estimate of drug-likeness (QED) is 0.128. The van der Waals surface area contributed by atoms with Crippen LogP contribution in [-0.2, 0) is 13.1 Å². The molecule has 0 saturated carbocycles. The second kappa shape index (κ2) is 14.7. The lowest BCUT2D eigenvalue weighted by Gasteiger charge is -2.27. The SMILES string of the molecule is OCC(O)CN(Cc1cccc(CN(CC(O)CO)CC(O)CO)n1)CC(O)CO. The molecule has 1 aromatic heterocycles. The number of rotatable bonds is 16. The maximum Gasteiger partial charge on any atom is 0.0897 e. The molecule has 30 heavy (non-hydrogen) atoms. The summed E-state index contributed by atoms with van der Waals surface area (Å²) in [7, 11) is 0. The molecular formula is C19H35N3O8. The van der Waals surface area contributed by atoms with Gasteiger partial charge in [0.05, 0.1) is 62.2 Å². The van der Waals surface area contributed by atoms with E-state index < -0.39 is 50.8 Å². The number of hydrogen-bond donors (Lipinski definition) is 8. The summed E-state index contributed by atoms with van der Waals surface area (Å²) in [6, 6.07) is 5.27. The fraction of sp³-hybridized carbons (Fsp3) is 0.737. The molecule has 0 radical (unpaired) electrons. The Balaban J connectivity index is 2.88. The minimum Gasteiger partial charge on any atom is -0.394 e. The zero-order valence-electron chi connectivity index (χ0n) is 17.0. The normalized spacial score (nSPS) is 16.1. The Hall–Kier alpha value is -1.25. The molecule has 0 aliphatic carbocycles. The van der Waals surface area contributed by atoms with E-state index >= 15 is 0 Å². The zero-order chi connectivity index (χ0) is 22.5. The van der Waals surface area contributed by atoms with Crippen molar-refractivity contribution in [3.05, 3.63) is 29.6 Å². The van der Waals surface area contributed by atoms with E-state index in [-0.39, 0.29) is 39.3 Å². The highest BCUT2D eigenvalue weighted by Gasteiger charge is 2.18. The van der Waals surface area contributed by atoms with E-state index in [2.05, 4.69) is 4.98 Å². The summed E-state index contributed by atoms with van der Waals surface area (Å²) >= 11 is 0. The van der Waals surface area contributed by atoms with Crippen molar-refractivity contribution in [1.29, 1.82) is 0 Å². The van der Waals surface area contributed by atoms with Gasteiger partial charge in [-0.2, -0.15) is 0 Å². The molecule has 0 aromatic carbocycles. The minimum atomic E-state index is -1.01. The Kier molecular flexibility index (Phi) is 13.1. The Labute approximate surface area is 176 Å². The third-order valence-corrected chi connectivity index (χ3v) is 4.35. The summed E-state index contributed by atoms with van der Waals surface area (Å²) in [4.78, 5) is 7.85. The van der Waals surface area contributed by atoms with Gasteiger partial charge < -0.3 is 40.9 Å². The predicted molar refractivity (Wildman–Crippen MR) is 107 cm³/mol. The minimum absolute atomic E-state index is 0.0803. The highest BCUT2D eigenvalue weighted by Crippen LogP contribution is 2.09. The Morgan fingerprint density at radius 2 is 0.900 bits per heavy atom. The van der Waals surface area contributed by atoms with Crippen LogP contribution >= 0.6 is 0 Å². The van der Waals surface area contributed by atoms with Gasteiger partial charge in [-0.3, -0.25) is 14.8 Å². The molecule has 4 unspecified atom stereocenters. The van der Waals surface area contributed by atoms with Crippen LogP contribution in [0.3, 0.4) is 0 Å². The maximum absolute atomic E-state index is 9.73. The molecule has 0 amide bonds. The molecule has 11 heteroatoms. The summed E-state index contributed by atoms with van der Waals surface area (Å²) in [5.41, 5.74) is 1.24. The number of hydrogen-bond acceptors (Lipinski definition) is 11. The second-order valence-electron chi connectivity index (χ2n) is 7.35. The molecule has 1 aromatic rings. The number of nitrogens with zero attached hydrogens (tertiary/aromatic N) is 3. The summed E-state index contributed by atoms with van der Waals surface area (Å²) in [5.74, 6) is 0. The Morgan fingerprint density at radius 1 is 0.600 bits per heavy atom. The maximum atomic E-state index is 9.73. The standard InChI is InChI=1S/C19H35N3O8/c23-10-16(27)6-21(7-17(28)11-24)4-14-2-1-3-15(20-14)5-22(8-18(29)12-25)9-19(30)13-26/h1-3,16-19,23-30H,4-13H2. The van der Waals surface area contributed by atoms with Crippen molar-refractivity contribution < 1.29 is 40.9 Å². The van der Waals surface area contributed by atoms with E-state index in [0.29, 0.717) is 11.4 Å². The molecule has 174 valence electrons. The topological polar surface area (TPSA) is 181 Å². The summed E-state index contributed by atoms with van der Waals surface area (Å²) in [6.07, 6.45) is -4.02. The smallest absolute Gasteiger partial charge is 0.0897 e. The average molecular weight is 434 g/mol. The fourth-order valence-corrected chi connectivity index (χ4v) is 2.99. The molecule has 0 aliphatic rings. The highest BCUT2D eigenvalue weighted by atomic mass is 16.3. The molecule has 11 nitrogen and oxygen atoms in total. The molecule has 0 saturated heterocycles. The van der Waals surface area contributed by atoms with Crippen LogP contribution < -0.4 is 0 Å². The van der Waals surface area contributed by atoms with Gasteiger partial charge in [0.25, 0.3) is 0 Å². The van der Waals surface area contributed by atoms with Crippen LogP contribution in [0.15, 0.2) is 18.2 Å². The molecule has 0 aliphatic heterocycles. The van der Waals surface area contributed by atoms with Gasteiger partial charge in [0.15, 0.2) is 0 Å². The first-order valence-corrected chi connectivity index (χ1v) is 9.86. The molecule has 8 N–H and O–H groups in total. The van der Waals surface area contributed by atoms with Gasteiger partial charge in [0.1, 0.15) is 0 Å². The van der Waals surface area contributed by atoms with E-state index in [1.165, 1.54) is 0 Å². The number of pyridine rings is 1.